The van der Waals surface area contributed by atoms with Crippen molar-refractivity contribution in [3.8, 4) is 0 Å². The van der Waals surface area contributed by atoms with Crippen LogP contribution in [-0.4, -0.2) is 25.6 Å². The molecule has 3 rings (SSSR count). The third-order valence-electron chi connectivity index (χ3n) is 3.81. The van der Waals surface area contributed by atoms with Gasteiger partial charge in [0.05, 0.1) is 11.9 Å². The summed E-state index contributed by atoms with van der Waals surface area (Å²) in [5.41, 5.74) is 4.16. The number of amides is 1. The van der Waals surface area contributed by atoms with Gasteiger partial charge in [-0.1, -0.05) is 18.2 Å². The average Bonchev–Trinajstić information content (AvgIpc) is 2.92. The van der Waals surface area contributed by atoms with Crippen molar-refractivity contribution in [2.75, 3.05) is 16.3 Å². The van der Waals surface area contributed by atoms with Crippen LogP contribution in [0.5, 0.6) is 0 Å². The monoisotopic (exact) mass is 357 g/mol. The molecule has 25 heavy (non-hydrogen) atoms. The molecule has 130 valence electrons. The maximum Gasteiger partial charge on any atom is 0.272 e. The van der Waals surface area contributed by atoms with Gasteiger partial charge in [0.2, 0.25) is 10.0 Å². The average molecular weight is 357 g/mol. The van der Waals surface area contributed by atoms with Gasteiger partial charge in [0.25, 0.3) is 5.91 Å². The van der Waals surface area contributed by atoms with Crippen LogP contribution in [0, 0.1) is 13.8 Å². The predicted molar refractivity (Wildman–Crippen MR) is 101 cm³/mol. The minimum Gasteiger partial charge on any atom is -0.351 e. The first kappa shape index (κ1) is 17.0. The van der Waals surface area contributed by atoms with E-state index in [1.54, 1.807) is 31.2 Å². The number of carbonyl (C=O) groups excluding carboxylic acids is 1. The summed E-state index contributed by atoms with van der Waals surface area (Å²) in [5, 5.41) is 3.74. The first-order valence-corrected chi connectivity index (χ1v) is 9.59. The van der Waals surface area contributed by atoms with Crippen molar-refractivity contribution in [3.05, 3.63) is 59.3 Å². The SMILES string of the molecule is Cc1ccc2cc(C(=O)Nc3ccc(C)c(NS(C)(=O)=O)c3)[nH]c2c1. The molecule has 0 aliphatic carbocycles. The number of sulfonamides is 1. The lowest BCUT2D eigenvalue weighted by molar-refractivity contribution is 0.102. The van der Waals surface area contributed by atoms with Gasteiger partial charge in [-0.15, -0.1) is 0 Å². The molecule has 7 heteroatoms. The molecule has 1 aromatic heterocycles. The summed E-state index contributed by atoms with van der Waals surface area (Å²) >= 11 is 0. The highest BCUT2D eigenvalue weighted by atomic mass is 32.2. The number of H-pyrrole nitrogens is 1. The van der Waals surface area contributed by atoms with Gasteiger partial charge in [0.1, 0.15) is 5.69 Å². The molecule has 0 unspecified atom stereocenters. The Labute approximate surface area is 146 Å². The van der Waals surface area contributed by atoms with E-state index in [4.69, 9.17) is 0 Å². The second-order valence-corrected chi connectivity index (χ2v) is 7.88. The van der Waals surface area contributed by atoms with E-state index in [1.807, 2.05) is 25.1 Å². The van der Waals surface area contributed by atoms with E-state index in [9.17, 15) is 13.2 Å². The zero-order valence-corrected chi connectivity index (χ0v) is 15.0. The Balaban J connectivity index is 1.85. The normalized spacial score (nSPS) is 11.5. The molecule has 0 spiro atoms. The maximum atomic E-state index is 12.5. The first-order valence-electron chi connectivity index (χ1n) is 7.70. The molecule has 3 aromatic rings. The summed E-state index contributed by atoms with van der Waals surface area (Å²) in [7, 11) is -3.39. The van der Waals surface area contributed by atoms with E-state index in [2.05, 4.69) is 15.0 Å². The number of anilines is 2. The molecule has 3 N–H and O–H groups in total. The third-order valence-corrected chi connectivity index (χ3v) is 4.40. The van der Waals surface area contributed by atoms with Gasteiger partial charge in [-0.3, -0.25) is 9.52 Å². The number of fused-ring (bicyclic) bond motifs is 1. The molecule has 2 aromatic carbocycles. The molecule has 0 saturated heterocycles. The fourth-order valence-corrected chi connectivity index (χ4v) is 3.19. The zero-order chi connectivity index (χ0) is 18.2. The number of aromatic nitrogens is 1. The Morgan fingerprint density at radius 2 is 1.80 bits per heavy atom. The van der Waals surface area contributed by atoms with Crippen molar-refractivity contribution in [1.29, 1.82) is 0 Å². The van der Waals surface area contributed by atoms with Gasteiger partial charge in [-0.05, 0) is 49.2 Å². The van der Waals surface area contributed by atoms with Crippen molar-refractivity contribution >= 4 is 38.2 Å². The molecule has 0 bridgehead atoms. The lowest BCUT2D eigenvalue weighted by Gasteiger charge is -2.10. The predicted octanol–water partition coefficient (Wildman–Crippen LogP) is 3.41. The molecule has 0 radical (unpaired) electrons. The number of aromatic amines is 1. The van der Waals surface area contributed by atoms with Gasteiger partial charge in [-0.25, -0.2) is 8.42 Å². The van der Waals surface area contributed by atoms with Gasteiger partial charge in [-0.2, -0.15) is 0 Å². The van der Waals surface area contributed by atoms with Crippen LogP contribution in [0.25, 0.3) is 10.9 Å². The van der Waals surface area contributed by atoms with Gasteiger partial charge in [0.15, 0.2) is 0 Å². The van der Waals surface area contributed by atoms with Crippen LogP contribution in [-0.2, 0) is 10.0 Å². The second-order valence-electron chi connectivity index (χ2n) is 6.13. The largest absolute Gasteiger partial charge is 0.351 e. The Hall–Kier alpha value is -2.80. The summed E-state index contributed by atoms with van der Waals surface area (Å²) in [5.74, 6) is -0.289. The summed E-state index contributed by atoms with van der Waals surface area (Å²) < 4.78 is 25.3. The van der Waals surface area contributed by atoms with E-state index in [0.717, 1.165) is 28.3 Å². The van der Waals surface area contributed by atoms with E-state index in [1.165, 1.54) is 0 Å². The molecular weight excluding hydrogens is 338 g/mol. The first-order chi connectivity index (χ1) is 11.7. The fraction of sp³-hybridized carbons (Fsp3) is 0.167. The molecule has 0 saturated carbocycles. The second kappa shape index (κ2) is 6.25. The molecule has 1 heterocycles. The van der Waals surface area contributed by atoms with Crippen LogP contribution in [0.2, 0.25) is 0 Å². The van der Waals surface area contributed by atoms with Crippen LogP contribution in [0.4, 0.5) is 11.4 Å². The Kier molecular flexibility index (Phi) is 4.26. The van der Waals surface area contributed by atoms with Crippen molar-refractivity contribution in [3.63, 3.8) is 0 Å². The van der Waals surface area contributed by atoms with Crippen LogP contribution in [0.1, 0.15) is 21.6 Å². The fourth-order valence-electron chi connectivity index (χ4n) is 2.57. The van der Waals surface area contributed by atoms with Gasteiger partial charge in [0, 0.05) is 16.6 Å². The Morgan fingerprint density at radius 3 is 2.52 bits per heavy atom. The molecule has 6 nitrogen and oxygen atoms in total. The number of hydrogen-bond donors (Lipinski definition) is 3. The number of nitrogens with one attached hydrogen (secondary N) is 3. The minimum atomic E-state index is -3.39. The molecule has 1 amide bonds. The molecule has 0 fully saturated rings. The van der Waals surface area contributed by atoms with Crippen molar-refractivity contribution in [1.82, 2.24) is 4.98 Å². The van der Waals surface area contributed by atoms with Crippen molar-refractivity contribution in [2.45, 2.75) is 13.8 Å². The maximum absolute atomic E-state index is 12.5. The lowest BCUT2D eigenvalue weighted by atomic mass is 10.2. The molecule has 0 aliphatic heterocycles. The van der Waals surface area contributed by atoms with Crippen molar-refractivity contribution < 1.29 is 13.2 Å². The van der Waals surface area contributed by atoms with Crippen LogP contribution >= 0.6 is 0 Å². The van der Waals surface area contributed by atoms with Gasteiger partial charge < -0.3 is 10.3 Å². The van der Waals surface area contributed by atoms with Crippen LogP contribution in [0.3, 0.4) is 0 Å². The number of aryl methyl sites for hydroxylation is 2. The molecule has 0 aliphatic rings. The Morgan fingerprint density at radius 1 is 1.04 bits per heavy atom. The van der Waals surface area contributed by atoms with E-state index >= 15 is 0 Å². The highest BCUT2D eigenvalue weighted by Gasteiger charge is 2.12. The number of hydrogen-bond acceptors (Lipinski definition) is 3. The Bertz CT molecular complexity index is 1070. The zero-order valence-electron chi connectivity index (χ0n) is 14.2. The highest BCUT2D eigenvalue weighted by Crippen LogP contribution is 2.22. The summed E-state index contributed by atoms with van der Waals surface area (Å²) in [4.78, 5) is 15.6. The summed E-state index contributed by atoms with van der Waals surface area (Å²) in [6.45, 7) is 3.78. The third kappa shape index (κ3) is 4.00. The van der Waals surface area contributed by atoms with Crippen molar-refractivity contribution in [2.24, 2.45) is 0 Å². The minimum absolute atomic E-state index is 0.289. The topological polar surface area (TPSA) is 91.1 Å². The number of benzene rings is 2. The van der Waals surface area contributed by atoms with Gasteiger partial charge >= 0.3 is 0 Å². The molecule has 0 atom stereocenters. The van der Waals surface area contributed by atoms with E-state index in [0.29, 0.717) is 17.1 Å². The van der Waals surface area contributed by atoms with E-state index < -0.39 is 10.0 Å². The van der Waals surface area contributed by atoms with E-state index in [-0.39, 0.29) is 5.91 Å². The quantitative estimate of drug-likeness (QED) is 0.668. The summed E-state index contributed by atoms with van der Waals surface area (Å²) in [6.07, 6.45) is 1.09. The highest BCUT2D eigenvalue weighted by molar-refractivity contribution is 7.92. The standard InChI is InChI=1S/C18H19N3O3S/c1-11-4-6-13-9-17(20-16(13)8-11)18(22)19-14-7-5-12(2)15(10-14)21-25(3,23)24/h4-10,20-21H,1-3H3,(H,19,22). The number of carbonyl (C=O) groups is 1. The number of rotatable bonds is 4. The molecular formula is C18H19N3O3S. The smallest absolute Gasteiger partial charge is 0.272 e. The summed E-state index contributed by atoms with van der Waals surface area (Å²) in [6, 6.07) is 12.8. The van der Waals surface area contributed by atoms with Crippen LogP contribution in [0.15, 0.2) is 42.5 Å². The lowest BCUT2D eigenvalue weighted by Crippen LogP contribution is -2.14. The van der Waals surface area contributed by atoms with Crippen LogP contribution < -0.4 is 10.0 Å².